The number of halogens is 4. The maximum atomic E-state index is 12.9. The van der Waals surface area contributed by atoms with Crippen molar-refractivity contribution in [3.8, 4) is 0 Å². The summed E-state index contributed by atoms with van der Waals surface area (Å²) in [6.07, 6.45) is -2.31. The number of alkyl halides is 3. The van der Waals surface area contributed by atoms with Crippen molar-refractivity contribution in [1.82, 2.24) is 9.88 Å². The molecule has 0 fully saturated rings. The highest BCUT2D eigenvalue weighted by molar-refractivity contribution is 5.94. The lowest BCUT2D eigenvalue weighted by atomic mass is 10.2. The summed E-state index contributed by atoms with van der Waals surface area (Å²) in [5.74, 6) is -1.74. The number of aromatic nitrogens is 1. The third-order valence-corrected chi connectivity index (χ3v) is 2.41. The van der Waals surface area contributed by atoms with Crippen LogP contribution in [0.1, 0.15) is 30.1 Å². The van der Waals surface area contributed by atoms with Crippen molar-refractivity contribution in [2.45, 2.75) is 25.9 Å². The van der Waals surface area contributed by atoms with Crippen molar-refractivity contribution >= 4 is 5.91 Å². The van der Waals surface area contributed by atoms with E-state index in [-0.39, 0.29) is 12.1 Å². The lowest BCUT2D eigenvalue weighted by Gasteiger charge is -2.23. The molecular formula is C12H14F4N2O. The number of hydrogen-bond acceptors (Lipinski definition) is 2. The van der Waals surface area contributed by atoms with Crippen molar-refractivity contribution in [1.29, 1.82) is 0 Å². The summed E-state index contributed by atoms with van der Waals surface area (Å²) in [5, 5.41) is 0. The first-order chi connectivity index (χ1) is 8.83. The van der Waals surface area contributed by atoms with Crippen molar-refractivity contribution in [2.24, 2.45) is 0 Å². The van der Waals surface area contributed by atoms with E-state index in [9.17, 15) is 22.4 Å². The first-order valence-corrected chi connectivity index (χ1v) is 5.81. The van der Waals surface area contributed by atoms with Crippen LogP contribution in [0.4, 0.5) is 17.6 Å². The molecule has 0 spiro atoms. The Hall–Kier alpha value is -1.66. The second kappa shape index (κ2) is 6.49. The summed E-state index contributed by atoms with van der Waals surface area (Å²) in [5.41, 5.74) is -0.132. The highest BCUT2D eigenvalue weighted by atomic mass is 19.4. The maximum Gasteiger partial charge on any atom is 0.406 e. The van der Waals surface area contributed by atoms with Crippen LogP contribution >= 0.6 is 0 Å². The molecule has 0 saturated carbocycles. The molecule has 19 heavy (non-hydrogen) atoms. The van der Waals surface area contributed by atoms with Gasteiger partial charge in [-0.3, -0.25) is 4.79 Å². The summed E-state index contributed by atoms with van der Waals surface area (Å²) in [6.45, 7) is 0.455. The van der Waals surface area contributed by atoms with Crippen LogP contribution in [-0.4, -0.2) is 35.1 Å². The fourth-order valence-corrected chi connectivity index (χ4v) is 1.54. The van der Waals surface area contributed by atoms with Crippen LogP contribution in [0.15, 0.2) is 18.3 Å². The predicted molar refractivity (Wildman–Crippen MR) is 61.1 cm³/mol. The summed E-state index contributed by atoms with van der Waals surface area (Å²) in [4.78, 5) is 15.8. The van der Waals surface area contributed by atoms with Gasteiger partial charge in [-0.2, -0.15) is 17.6 Å². The fourth-order valence-electron chi connectivity index (χ4n) is 1.54. The minimum absolute atomic E-state index is 0.0151. The van der Waals surface area contributed by atoms with Gasteiger partial charge in [0.2, 0.25) is 5.95 Å². The van der Waals surface area contributed by atoms with Gasteiger partial charge in [0.05, 0.1) is 0 Å². The standard InChI is InChI=1S/C12H14F4N2O/c1-2-3-6-18(8-12(14,15)16)11(19)9-4-5-17-10(13)7-9/h4-5,7H,2-3,6,8H2,1H3. The molecule has 106 valence electrons. The molecule has 0 unspecified atom stereocenters. The number of carbonyl (C=O) groups is 1. The molecule has 0 aromatic carbocycles. The lowest BCUT2D eigenvalue weighted by Crippen LogP contribution is -2.39. The van der Waals surface area contributed by atoms with E-state index in [0.29, 0.717) is 17.7 Å². The van der Waals surface area contributed by atoms with Gasteiger partial charge in [0.15, 0.2) is 0 Å². The number of rotatable bonds is 5. The zero-order valence-corrected chi connectivity index (χ0v) is 10.4. The molecule has 0 aliphatic heterocycles. The molecule has 0 bridgehead atoms. The van der Waals surface area contributed by atoms with Crippen LogP contribution in [0, 0.1) is 5.95 Å². The first-order valence-electron chi connectivity index (χ1n) is 5.81. The average Bonchev–Trinajstić information content (AvgIpc) is 2.32. The molecule has 0 aliphatic rings. The van der Waals surface area contributed by atoms with E-state index in [1.54, 1.807) is 0 Å². The largest absolute Gasteiger partial charge is 0.406 e. The van der Waals surface area contributed by atoms with E-state index in [4.69, 9.17) is 0 Å². The van der Waals surface area contributed by atoms with E-state index in [1.165, 1.54) is 6.07 Å². The van der Waals surface area contributed by atoms with E-state index < -0.39 is 24.6 Å². The third kappa shape index (κ3) is 5.23. The molecule has 0 aliphatic carbocycles. The van der Waals surface area contributed by atoms with E-state index in [0.717, 1.165) is 12.3 Å². The molecule has 3 nitrogen and oxygen atoms in total. The van der Waals surface area contributed by atoms with Gasteiger partial charge in [0.25, 0.3) is 5.91 Å². The minimum Gasteiger partial charge on any atom is -0.330 e. The van der Waals surface area contributed by atoms with Gasteiger partial charge < -0.3 is 4.90 Å². The number of amides is 1. The Morgan fingerprint density at radius 1 is 1.42 bits per heavy atom. The topological polar surface area (TPSA) is 33.2 Å². The number of unbranched alkanes of at least 4 members (excludes halogenated alkanes) is 1. The van der Waals surface area contributed by atoms with Crippen LogP contribution < -0.4 is 0 Å². The molecule has 0 saturated heterocycles. The average molecular weight is 278 g/mol. The molecule has 1 amide bonds. The second-order valence-corrected chi connectivity index (χ2v) is 4.06. The van der Waals surface area contributed by atoms with Crippen molar-refractivity contribution in [3.63, 3.8) is 0 Å². The highest BCUT2D eigenvalue weighted by Gasteiger charge is 2.33. The van der Waals surface area contributed by atoms with Gasteiger partial charge >= 0.3 is 6.18 Å². The van der Waals surface area contributed by atoms with Crippen LogP contribution in [-0.2, 0) is 0 Å². The van der Waals surface area contributed by atoms with Gasteiger partial charge in [0.1, 0.15) is 6.54 Å². The quantitative estimate of drug-likeness (QED) is 0.612. The van der Waals surface area contributed by atoms with Gasteiger partial charge in [-0.1, -0.05) is 13.3 Å². The summed E-state index contributed by atoms with van der Waals surface area (Å²) >= 11 is 0. The highest BCUT2D eigenvalue weighted by Crippen LogP contribution is 2.18. The summed E-state index contributed by atoms with van der Waals surface area (Å²) in [7, 11) is 0. The van der Waals surface area contributed by atoms with E-state index in [1.807, 2.05) is 6.92 Å². The smallest absolute Gasteiger partial charge is 0.330 e. The molecule has 1 heterocycles. The Labute approximate surface area is 108 Å². The molecule has 7 heteroatoms. The third-order valence-electron chi connectivity index (χ3n) is 2.41. The van der Waals surface area contributed by atoms with Crippen LogP contribution in [0.25, 0.3) is 0 Å². The number of carbonyl (C=O) groups excluding carboxylic acids is 1. The van der Waals surface area contributed by atoms with Crippen LogP contribution in [0.2, 0.25) is 0 Å². The van der Waals surface area contributed by atoms with Gasteiger partial charge in [-0.15, -0.1) is 0 Å². The Balaban J connectivity index is 2.87. The van der Waals surface area contributed by atoms with E-state index >= 15 is 0 Å². The number of nitrogens with zero attached hydrogens (tertiary/aromatic N) is 2. The van der Waals surface area contributed by atoms with Crippen molar-refractivity contribution < 1.29 is 22.4 Å². The molecule has 0 radical (unpaired) electrons. The fraction of sp³-hybridized carbons (Fsp3) is 0.500. The zero-order chi connectivity index (χ0) is 14.5. The zero-order valence-electron chi connectivity index (χ0n) is 10.4. The number of pyridine rings is 1. The Kier molecular flexibility index (Phi) is 5.26. The monoisotopic (exact) mass is 278 g/mol. The minimum atomic E-state index is -4.48. The first kappa shape index (κ1) is 15.4. The Morgan fingerprint density at radius 2 is 2.11 bits per heavy atom. The summed E-state index contributed by atoms with van der Waals surface area (Å²) < 4.78 is 50.1. The normalized spacial score (nSPS) is 11.4. The molecule has 1 aromatic heterocycles. The molecule has 1 rings (SSSR count). The van der Waals surface area contributed by atoms with Crippen LogP contribution in [0.3, 0.4) is 0 Å². The molecular weight excluding hydrogens is 264 g/mol. The molecule has 1 aromatic rings. The predicted octanol–water partition coefficient (Wildman–Crippen LogP) is 3.03. The van der Waals surface area contributed by atoms with E-state index in [2.05, 4.69) is 4.98 Å². The Morgan fingerprint density at radius 3 is 2.63 bits per heavy atom. The maximum absolute atomic E-state index is 12.9. The van der Waals surface area contributed by atoms with Gasteiger partial charge in [0, 0.05) is 24.4 Å². The summed E-state index contributed by atoms with van der Waals surface area (Å²) in [6, 6.07) is 2.03. The molecule has 0 N–H and O–H groups in total. The molecule has 0 atom stereocenters. The van der Waals surface area contributed by atoms with Gasteiger partial charge in [-0.05, 0) is 12.5 Å². The number of hydrogen-bond donors (Lipinski definition) is 0. The Bertz CT molecular complexity index is 434. The SMILES string of the molecule is CCCCN(CC(F)(F)F)C(=O)c1ccnc(F)c1. The van der Waals surface area contributed by atoms with Crippen molar-refractivity contribution in [3.05, 3.63) is 29.8 Å². The van der Waals surface area contributed by atoms with Gasteiger partial charge in [-0.25, -0.2) is 4.98 Å². The van der Waals surface area contributed by atoms with Crippen LogP contribution in [0.5, 0.6) is 0 Å². The lowest BCUT2D eigenvalue weighted by molar-refractivity contribution is -0.140. The van der Waals surface area contributed by atoms with Crippen molar-refractivity contribution in [2.75, 3.05) is 13.1 Å². The second-order valence-electron chi connectivity index (χ2n) is 4.06.